The number of halogens is 1. The van der Waals surface area contributed by atoms with Crippen molar-refractivity contribution in [3.8, 4) is 11.3 Å². The summed E-state index contributed by atoms with van der Waals surface area (Å²) in [5, 5.41) is 9.14. The lowest BCUT2D eigenvalue weighted by Gasteiger charge is -2.02. The highest BCUT2D eigenvalue weighted by atomic mass is 35.5. The summed E-state index contributed by atoms with van der Waals surface area (Å²) in [6.45, 7) is -0.0903. The SMILES string of the molecule is Nc1nc(Cl)cc(-c2ccc(CO)nc2)n1. The fraction of sp³-hybridized carbons (Fsp3) is 0.100. The van der Waals surface area contributed by atoms with Crippen molar-refractivity contribution >= 4 is 17.5 Å². The molecule has 2 aromatic rings. The topological polar surface area (TPSA) is 84.9 Å². The Hall–Kier alpha value is -1.72. The van der Waals surface area contributed by atoms with Crippen molar-refractivity contribution in [2.45, 2.75) is 6.61 Å². The number of aromatic nitrogens is 3. The van der Waals surface area contributed by atoms with E-state index in [2.05, 4.69) is 15.0 Å². The maximum atomic E-state index is 8.86. The highest BCUT2D eigenvalue weighted by Crippen LogP contribution is 2.19. The second-order valence-electron chi connectivity index (χ2n) is 3.13. The number of anilines is 1. The van der Waals surface area contributed by atoms with E-state index in [1.165, 1.54) is 0 Å². The maximum absolute atomic E-state index is 8.86. The van der Waals surface area contributed by atoms with Gasteiger partial charge in [0.15, 0.2) is 0 Å². The number of nitrogens with two attached hydrogens (primary N) is 1. The first kappa shape index (κ1) is 10.8. The van der Waals surface area contributed by atoms with Crippen LogP contribution in [0.1, 0.15) is 5.69 Å². The van der Waals surface area contributed by atoms with Crippen LogP contribution >= 0.6 is 11.6 Å². The van der Waals surface area contributed by atoms with Gasteiger partial charge in [0.25, 0.3) is 0 Å². The average molecular weight is 237 g/mol. The zero-order chi connectivity index (χ0) is 11.5. The van der Waals surface area contributed by atoms with Crippen molar-refractivity contribution in [1.82, 2.24) is 15.0 Å². The van der Waals surface area contributed by atoms with Crippen LogP contribution in [-0.2, 0) is 6.61 Å². The van der Waals surface area contributed by atoms with Crippen LogP contribution < -0.4 is 5.73 Å². The quantitative estimate of drug-likeness (QED) is 0.767. The lowest BCUT2D eigenvalue weighted by atomic mass is 10.2. The number of hydrogen-bond donors (Lipinski definition) is 2. The van der Waals surface area contributed by atoms with E-state index in [0.717, 1.165) is 5.56 Å². The van der Waals surface area contributed by atoms with E-state index < -0.39 is 0 Å². The molecule has 16 heavy (non-hydrogen) atoms. The molecular formula is C10H9ClN4O. The standard InChI is InChI=1S/C10H9ClN4O/c11-9-3-8(14-10(12)15-9)6-1-2-7(5-16)13-4-6/h1-4,16H,5H2,(H2,12,14,15). The first-order valence-electron chi connectivity index (χ1n) is 4.55. The minimum atomic E-state index is -0.0903. The fourth-order valence-corrected chi connectivity index (χ4v) is 1.44. The molecule has 0 bridgehead atoms. The molecule has 5 nitrogen and oxygen atoms in total. The molecule has 0 fully saturated rings. The van der Waals surface area contributed by atoms with Gasteiger partial charge in [-0.25, -0.2) is 9.97 Å². The molecule has 0 saturated carbocycles. The van der Waals surface area contributed by atoms with Crippen LogP contribution in [0, 0.1) is 0 Å². The Morgan fingerprint density at radius 1 is 1.31 bits per heavy atom. The van der Waals surface area contributed by atoms with Crippen LogP contribution in [0.15, 0.2) is 24.4 Å². The van der Waals surface area contributed by atoms with Gasteiger partial charge < -0.3 is 10.8 Å². The molecule has 0 spiro atoms. The Kier molecular flexibility index (Phi) is 2.98. The normalized spacial score (nSPS) is 10.4. The van der Waals surface area contributed by atoms with Gasteiger partial charge in [-0.1, -0.05) is 11.6 Å². The Bertz CT molecular complexity index is 480. The van der Waals surface area contributed by atoms with Crippen LogP contribution in [0.5, 0.6) is 0 Å². The second-order valence-corrected chi connectivity index (χ2v) is 3.52. The molecule has 0 atom stereocenters. The third-order valence-electron chi connectivity index (χ3n) is 1.99. The minimum Gasteiger partial charge on any atom is -0.390 e. The summed E-state index contributed by atoms with van der Waals surface area (Å²) in [5.74, 6) is 0.119. The monoisotopic (exact) mass is 236 g/mol. The number of aliphatic hydroxyl groups is 1. The Morgan fingerprint density at radius 3 is 2.69 bits per heavy atom. The third-order valence-corrected chi connectivity index (χ3v) is 2.19. The van der Waals surface area contributed by atoms with Gasteiger partial charge in [-0.15, -0.1) is 0 Å². The molecule has 0 unspecified atom stereocenters. The van der Waals surface area contributed by atoms with Crippen LogP contribution in [0.25, 0.3) is 11.3 Å². The summed E-state index contributed by atoms with van der Waals surface area (Å²) in [6.07, 6.45) is 1.60. The van der Waals surface area contributed by atoms with Gasteiger partial charge in [-0.3, -0.25) is 4.98 Å². The van der Waals surface area contributed by atoms with Gasteiger partial charge in [0.1, 0.15) is 5.15 Å². The van der Waals surface area contributed by atoms with E-state index in [0.29, 0.717) is 11.4 Å². The van der Waals surface area contributed by atoms with E-state index in [1.807, 2.05) is 0 Å². The lowest BCUT2D eigenvalue weighted by Crippen LogP contribution is -1.97. The summed E-state index contributed by atoms with van der Waals surface area (Å²) in [7, 11) is 0. The molecule has 0 radical (unpaired) electrons. The van der Waals surface area contributed by atoms with Gasteiger partial charge in [-0.05, 0) is 12.1 Å². The summed E-state index contributed by atoms with van der Waals surface area (Å²) in [5.41, 5.74) is 7.46. The predicted molar refractivity (Wildman–Crippen MR) is 60.6 cm³/mol. The van der Waals surface area contributed by atoms with Crippen molar-refractivity contribution < 1.29 is 5.11 Å². The van der Waals surface area contributed by atoms with E-state index in [4.69, 9.17) is 22.4 Å². The molecule has 2 rings (SSSR count). The number of aliphatic hydroxyl groups excluding tert-OH is 1. The molecule has 2 heterocycles. The van der Waals surface area contributed by atoms with Gasteiger partial charge in [0, 0.05) is 17.8 Å². The zero-order valence-electron chi connectivity index (χ0n) is 8.26. The fourth-order valence-electron chi connectivity index (χ4n) is 1.25. The molecule has 0 saturated heterocycles. The number of hydrogen-bond acceptors (Lipinski definition) is 5. The lowest BCUT2D eigenvalue weighted by molar-refractivity contribution is 0.277. The molecule has 6 heteroatoms. The van der Waals surface area contributed by atoms with E-state index in [9.17, 15) is 0 Å². The maximum Gasteiger partial charge on any atom is 0.221 e. The Labute approximate surface area is 96.9 Å². The predicted octanol–water partition coefficient (Wildman–Crippen LogP) is 1.27. The van der Waals surface area contributed by atoms with Crippen molar-refractivity contribution in [2.24, 2.45) is 0 Å². The molecule has 0 aromatic carbocycles. The second kappa shape index (κ2) is 4.42. The van der Waals surface area contributed by atoms with Crippen molar-refractivity contribution in [2.75, 3.05) is 5.73 Å². The molecular weight excluding hydrogens is 228 g/mol. The average Bonchev–Trinajstić information content (AvgIpc) is 2.28. The van der Waals surface area contributed by atoms with Crippen molar-refractivity contribution in [3.05, 3.63) is 35.2 Å². The van der Waals surface area contributed by atoms with Crippen LogP contribution in [0.3, 0.4) is 0 Å². The Balaban J connectivity index is 2.42. The van der Waals surface area contributed by atoms with Crippen molar-refractivity contribution in [3.63, 3.8) is 0 Å². The van der Waals surface area contributed by atoms with Crippen molar-refractivity contribution in [1.29, 1.82) is 0 Å². The minimum absolute atomic E-state index is 0.0903. The third kappa shape index (κ3) is 2.26. The molecule has 82 valence electrons. The van der Waals surface area contributed by atoms with E-state index >= 15 is 0 Å². The Morgan fingerprint density at radius 2 is 2.12 bits per heavy atom. The molecule has 0 aliphatic heterocycles. The summed E-state index contributed by atoms with van der Waals surface area (Å²) in [6, 6.07) is 5.10. The van der Waals surface area contributed by atoms with E-state index in [-0.39, 0.29) is 17.7 Å². The summed E-state index contributed by atoms with van der Waals surface area (Å²) < 4.78 is 0. The molecule has 0 amide bonds. The van der Waals surface area contributed by atoms with Gasteiger partial charge in [-0.2, -0.15) is 0 Å². The summed E-state index contributed by atoms with van der Waals surface area (Å²) >= 11 is 5.77. The first-order valence-corrected chi connectivity index (χ1v) is 4.93. The number of nitrogens with zero attached hydrogens (tertiary/aromatic N) is 3. The highest BCUT2D eigenvalue weighted by molar-refractivity contribution is 6.29. The highest BCUT2D eigenvalue weighted by Gasteiger charge is 2.04. The van der Waals surface area contributed by atoms with Gasteiger partial charge >= 0.3 is 0 Å². The smallest absolute Gasteiger partial charge is 0.221 e. The van der Waals surface area contributed by atoms with Crippen LogP contribution in [0.2, 0.25) is 5.15 Å². The number of rotatable bonds is 2. The number of nitrogen functional groups attached to an aromatic ring is 1. The number of pyridine rings is 1. The molecule has 0 aliphatic rings. The van der Waals surface area contributed by atoms with Crippen LogP contribution in [0.4, 0.5) is 5.95 Å². The first-order chi connectivity index (χ1) is 7.69. The molecule has 3 N–H and O–H groups in total. The summed E-state index contributed by atoms with van der Waals surface area (Å²) in [4.78, 5) is 11.8. The molecule has 2 aromatic heterocycles. The van der Waals surface area contributed by atoms with E-state index in [1.54, 1.807) is 24.4 Å². The zero-order valence-corrected chi connectivity index (χ0v) is 9.02. The largest absolute Gasteiger partial charge is 0.390 e. The molecule has 0 aliphatic carbocycles. The van der Waals surface area contributed by atoms with Gasteiger partial charge in [0.2, 0.25) is 5.95 Å². The van der Waals surface area contributed by atoms with Gasteiger partial charge in [0.05, 0.1) is 18.0 Å². The van der Waals surface area contributed by atoms with Crippen LogP contribution in [-0.4, -0.2) is 20.1 Å².